The van der Waals surface area contributed by atoms with Crippen LogP contribution in [0, 0.1) is 0 Å². The molecule has 0 saturated carbocycles. The third-order valence-corrected chi connectivity index (χ3v) is 4.75. The van der Waals surface area contributed by atoms with Crippen molar-refractivity contribution in [2.75, 3.05) is 0 Å². The van der Waals surface area contributed by atoms with Crippen LogP contribution in [0.4, 0.5) is 0 Å². The predicted molar refractivity (Wildman–Crippen MR) is 55.5 cm³/mol. The summed E-state index contributed by atoms with van der Waals surface area (Å²) in [7, 11) is 0.477. The number of hydrogen-bond acceptors (Lipinski definition) is 1. The Bertz CT molecular complexity index is 66.6. The average Bonchev–Trinajstić information content (AvgIpc) is 1.87. The first-order valence-electron chi connectivity index (χ1n) is 4.50. The van der Waals surface area contributed by atoms with E-state index in [2.05, 4.69) is 25.4 Å². The van der Waals surface area contributed by atoms with Crippen molar-refractivity contribution < 1.29 is 0 Å². The topological polar surface area (TPSA) is 12.0 Å². The zero-order valence-corrected chi connectivity index (χ0v) is 10.4. The highest BCUT2D eigenvalue weighted by Crippen LogP contribution is 1.93. The third-order valence-electron chi connectivity index (χ3n) is 1.58. The van der Waals surface area contributed by atoms with Crippen LogP contribution in [-0.2, 0) is 0 Å². The molecule has 0 aromatic carbocycles. The van der Waals surface area contributed by atoms with Crippen LogP contribution >= 0.6 is 0 Å². The molecule has 1 nitrogen and oxygen atoms in total. The van der Waals surface area contributed by atoms with Gasteiger partial charge in [-0.05, 0) is 6.04 Å². The van der Waals surface area contributed by atoms with Gasteiger partial charge in [0.15, 0.2) is 0 Å². The van der Waals surface area contributed by atoms with E-state index >= 15 is 0 Å². The smallest absolute Gasteiger partial charge is 0.0918 e. The van der Waals surface area contributed by atoms with Gasteiger partial charge in [0.1, 0.15) is 0 Å². The summed E-state index contributed by atoms with van der Waals surface area (Å²) in [4.78, 5) is 3.56. The quantitative estimate of drug-likeness (QED) is 0.458. The average molecular weight is 175 g/mol. The van der Waals surface area contributed by atoms with Gasteiger partial charge in [0, 0.05) is 9.52 Å². The molecule has 0 aliphatic carbocycles. The van der Waals surface area contributed by atoms with Crippen LogP contribution in [0.15, 0.2) is 0 Å². The molecule has 62 valence electrons. The Labute approximate surface area is 69.7 Å². The Hall–Kier alpha value is 0.394. The fourth-order valence-corrected chi connectivity index (χ4v) is 3.89. The van der Waals surface area contributed by atoms with E-state index in [4.69, 9.17) is 0 Å². The Morgan fingerprint density at radius 2 is 2.00 bits per heavy atom. The summed E-state index contributed by atoms with van der Waals surface area (Å²) in [6, 6.07) is 3.80. The monoisotopic (exact) mass is 175 g/mol. The molecule has 0 aromatic rings. The van der Waals surface area contributed by atoms with Crippen molar-refractivity contribution in [1.82, 2.24) is 4.98 Å². The van der Waals surface area contributed by atoms with Crippen LogP contribution in [-0.4, -0.2) is 25.2 Å². The van der Waals surface area contributed by atoms with Gasteiger partial charge in [-0.1, -0.05) is 38.9 Å². The van der Waals surface area contributed by atoms with Gasteiger partial charge in [0.2, 0.25) is 0 Å². The van der Waals surface area contributed by atoms with E-state index < -0.39 is 0 Å². The second-order valence-electron chi connectivity index (χ2n) is 3.17. The van der Waals surface area contributed by atoms with E-state index in [-0.39, 0.29) is 9.68 Å². The Balaban J connectivity index is 2.77. The molecule has 0 spiro atoms. The van der Waals surface area contributed by atoms with Crippen LogP contribution in [0.25, 0.3) is 0 Å². The summed E-state index contributed by atoms with van der Waals surface area (Å²) in [5.41, 5.74) is 0. The summed E-state index contributed by atoms with van der Waals surface area (Å²) in [6.07, 6.45) is 1.51. The van der Waals surface area contributed by atoms with Crippen molar-refractivity contribution in [2.45, 2.75) is 44.9 Å². The summed E-state index contributed by atoms with van der Waals surface area (Å²) >= 11 is 0. The molecular weight excluding hydrogens is 154 g/mol. The molecule has 0 fully saturated rings. The fraction of sp³-hybridized carbons (Fsp3) is 1.00. The molecular formula is C7H21NSi2. The lowest BCUT2D eigenvalue weighted by Gasteiger charge is -2.05. The zero-order chi connectivity index (χ0) is 7.82. The van der Waals surface area contributed by atoms with Gasteiger partial charge in [0.05, 0.1) is 9.68 Å². The lowest BCUT2D eigenvalue weighted by molar-refractivity contribution is 0.748. The molecule has 0 heterocycles. The molecule has 0 rings (SSSR count). The largest absolute Gasteiger partial charge is 0.340 e. The molecule has 0 unspecified atom stereocenters. The van der Waals surface area contributed by atoms with Gasteiger partial charge in [-0.2, -0.15) is 0 Å². The summed E-state index contributed by atoms with van der Waals surface area (Å²) in [5, 5.41) is 0. The molecule has 10 heavy (non-hydrogen) atoms. The normalized spacial score (nSPS) is 13.2. The predicted octanol–water partition coefficient (Wildman–Crippen LogP) is 0.512. The second-order valence-corrected chi connectivity index (χ2v) is 6.49. The fourth-order valence-electron chi connectivity index (χ4n) is 0.943. The molecule has 0 aliphatic rings. The highest BCUT2D eigenvalue weighted by Gasteiger charge is 1.91. The van der Waals surface area contributed by atoms with Crippen molar-refractivity contribution in [3.8, 4) is 0 Å². The van der Waals surface area contributed by atoms with Gasteiger partial charge in [0.25, 0.3) is 0 Å². The SMILES string of the molecule is C[SiH2]CCC[SiH2]NC(C)C. The Morgan fingerprint density at radius 1 is 1.30 bits per heavy atom. The minimum atomic E-state index is 0.116. The first kappa shape index (κ1) is 10.4. The maximum Gasteiger partial charge on any atom is 0.0918 e. The standard InChI is InChI=1S/C7H21NSi2/c1-7(2)8-10-6-4-5-9-3/h7-8H,4-6,9-10H2,1-3H3. The lowest BCUT2D eigenvalue weighted by Crippen LogP contribution is -2.26. The van der Waals surface area contributed by atoms with E-state index in [9.17, 15) is 0 Å². The van der Waals surface area contributed by atoms with Gasteiger partial charge in [-0.25, -0.2) is 0 Å². The van der Waals surface area contributed by atoms with E-state index in [1.165, 1.54) is 12.5 Å². The van der Waals surface area contributed by atoms with Crippen molar-refractivity contribution >= 4 is 19.2 Å². The van der Waals surface area contributed by atoms with Gasteiger partial charge in [-0.15, -0.1) is 0 Å². The number of rotatable bonds is 6. The summed E-state index contributed by atoms with van der Waals surface area (Å²) in [5.74, 6) is 0. The molecule has 0 aliphatic heterocycles. The molecule has 0 aromatic heterocycles. The molecule has 0 saturated heterocycles. The van der Waals surface area contributed by atoms with E-state index in [1.807, 2.05) is 0 Å². The maximum atomic E-state index is 3.56. The number of hydrogen-bond donors (Lipinski definition) is 1. The molecule has 1 N–H and O–H groups in total. The van der Waals surface area contributed by atoms with Crippen LogP contribution in [0.2, 0.25) is 18.6 Å². The minimum absolute atomic E-state index is 0.116. The Morgan fingerprint density at radius 3 is 2.50 bits per heavy atom. The van der Waals surface area contributed by atoms with Crippen LogP contribution in [0.5, 0.6) is 0 Å². The highest BCUT2D eigenvalue weighted by molar-refractivity contribution is 6.34. The lowest BCUT2D eigenvalue weighted by atomic mass is 10.4. The molecule has 0 atom stereocenters. The van der Waals surface area contributed by atoms with E-state index in [0.29, 0.717) is 9.52 Å². The van der Waals surface area contributed by atoms with Crippen molar-refractivity contribution in [2.24, 2.45) is 0 Å². The van der Waals surface area contributed by atoms with E-state index in [1.54, 1.807) is 6.04 Å². The molecule has 0 amide bonds. The Kier molecular flexibility index (Phi) is 7.80. The van der Waals surface area contributed by atoms with Crippen molar-refractivity contribution in [3.63, 3.8) is 0 Å². The van der Waals surface area contributed by atoms with Gasteiger partial charge >= 0.3 is 0 Å². The first-order valence-corrected chi connectivity index (χ1v) is 8.63. The number of nitrogens with one attached hydrogen (secondary N) is 1. The van der Waals surface area contributed by atoms with Gasteiger partial charge in [-0.3, -0.25) is 0 Å². The molecule has 3 heteroatoms. The second kappa shape index (κ2) is 7.50. The van der Waals surface area contributed by atoms with Crippen LogP contribution in [0.3, 0.4) is 0 Å². The maximum absolute atomic E-state index is 3.56. The van der Waals surface area contributed by atoms with Gasteiger partial charge < -0.3 is 4.98 Å². The van der Waals surface area contributed by atoms with Crippen molar-refractivity contribution in [1.29, 1.82) is 0 Å². The molecule has 0 bridgehead atoms. The van der Waals surface area contributed by atoms with Crippen LogP contribution in [0.1, 0.15) is 20.3 Å². The third kappa shape index (κ3) is 8.39. The zero-order valence-electron chi connectivity index (χ0n) is 7.61. The van der Waals surface area contributed by atoms with Crippen LogP contribution < -0.4 is 4.98 Å². The first-order chi connectivity index (χ1) is 4.77. The highest BCUT2D eigenvalue weighted by atomic mass is 28.2. The minimum Gasteiger partial charge on any atom is -0.340 e. The van der Waals surface area contributed by atoms with Crippen molar-refractivity contribution in [3.05, 3.63) is 0 Å². The summed E-state index contributed by atoms with van der Waals surface area (Å²) in [6.45, 7) is 6.88. The summed E-state index contributed by atoms with van der Waals surface area (Å²) < 4.78 is 0. The molecule has 0 radical (unpaired) electrons. The van der Waals surface area contributed by atoms with E-state index in [0.717, 1.165) is 6.04 Å².